The van der Waals surface area contributed by atoms with Gasteiger partial charge in [-0.15, -0.1) is 0 Å². The molecule has 0 aromatic carbocycles. The number of anilines is 1. The van der Waals surface area contributed by atoms with Gasteiger partial charge in [-0.05, 0) is 35.0 Å². The Morgan fingerprint density at radius 2 is 2.17 bits per heavy atom. The van der Waals surface area contributed by atoms with Crippen LogP contribution in [0.1, 0.15) is 6.42 Å². The highest BCUT2D eigenvalue weighted by atomic mass is 79.9. The zero-order valence-electron chi connectivity index (χ0n) is 10.1. The van der Waals surface area contributed by atoms with Crippen molar-refractivity contribution in [2.45, 2.75) is 6.42 Å². The lowest BCUT2D eigenvalue weighted by molar-refractivity contribution is 0.204. The van der Waals surface area contributed by atoms with Crippen molar-refractivity contribution in [3.05, 3.63) is 22.6 Å². The van der Waals surface area contributed by atoms with E-state index in [-0.39, 0.29) is 12.4 Å². The molecule has 1 aliphatic rings. The molecule has 0 saturated carbocycles. The molecule has 2 rings (SSSR count). The number of hydrogen-bond donors (Lipinski definition) is 1. The first-order valence-corrected chi connectivity index (χ1v) is 6.89. The summed E-state index contributed by atoms with van der Waals surface area (Å²) in [4.78, 5) is 8.31. The van der Waals surface area contributed by atoms with Crippen molar-refractivity contribution < 1.29 is 9.50 Å². The minimum absolute atomic E-state index is 0.172. The standard InChI is InChI=1S/C12H17BrFN3O/c13-10-8-11(14)12(15-9-10)17-3-1-2-16(4-5-17)6-7-18/h8-9,18H,1-7H2. The molecule has 1 aliphatic heterocycles. The van der Waals surface area contributed by atoms with E-state index in [0.29, 0.717) is 16.8 Å². The highest BCUT2D eigenvalue weighted by Crippen LogP contribution is 2.21. The number of hydrogen-bond acceptors (Lipinski definition) is 4. The van der Waals surface area contributed by atoms with Crippen molar-refractivity contribution in [3.8, 4) is 0 Å². The smallest absolute Gasteiger partial charge is 0.166 e. The number of aliphatic hydroxyl groups is 1. The molecule has 0 bridgehead atoms. The van der Waals surface area contributed by atoms with Crippen LogP contribution in [0.5, 0.6) is 0 Å². The van der Waals surface area contributed by atoms with Gasteiger partial charge < -0.3 is 10.0 Å². The maximum Gasteiger partial charge on any atom is 0.166 e. The first-order valence-electron chi connectivity index (χ1n) is 6.10. The number of rotatable bonds is 3. The monoisotopic (exact) mass is 317 g/mol. The van der Waals surface area contributed by atoms with E-state index in [1.165, 1.54) is 6.07 Å². The Labute approximate surface area is 115 Å². The second kappa shape index (κ2) is 6.45. The topological polar surface area (TPSA) is 39.6 Å². The van der Waals surface area contributed by atoms with Crippen LogP contribution in [0.15, 0.2) is 16.7 Å². The summed E-state index contributed by atoms with van der Waals surface area (Å²) >= 11 is 3.21. The van der Waals surface area contributed by atoms with Crippen LogP contribution in [-0.2, 0) is 0 Å². The molecule has 1 saturated heterocycles. The summed E-state index contributed by atoms with van der Waals surface area (Å²) in [5, 5.41) is 8.94. The number of β-amino-alcohol motifs (C(OH)–C–C–N with tert-alkyl or cyclic N) is 1. The largest absolute Gasteiger partial charge is 0.395 e. The van der Waals surface area contributed by atoms with Gasteiger partial charge in [0, 0.05) is 36.8 Å². The van der Waals surface area contributed by atoms with Crippen LogP contribution >= 0.6 is 15.9 Å². The summed E-state index contributed by atoms with van der Waals surface area (Å²) in [6.45, 7) is 4.17. The van der Waals surface area contributed by atoms with Gasteiger partial charge in [0.1, 0.15) is 0 Å². The molecule has 0 spiro atoms. The molecule has 6 heteroatoms. The summed E-state index contributed by atoms with van der Waals surface area (Å²) in [7, 11) is 0. The molecule has 0 amide bonds. The van der Waals surface area contributed by atoms with Crippen LogP contribution in [-0.4, -0.2) is 54.3 Å². The number of aromatic nitrogens is 1. The van der Waals surface area contributed by atoms with E-state index in [4.69, 9.17) is 5.11 Å². The number of nitrogens with zero attached hydrogens (tertiary/aromatic N) is 3. The van der Waals surface area contributed by atoms with E-state index in [0.717, 1.165) is 32.6 Å². The van der Waals surface area contributed by atoms with Gasteiger partial charge in [0.2, 0.25) is 0 Å². The molecule has 100 valence electrons. The van der Waals surface area contributed by atoms with Crippen molar-refractivity contribution in [3.63, 3.8) is 0 Å². The van der Waals surface area contributed by atoms with E-state index in [1.807, 2.05) is 4.90 Å². The maximum absolute atomic E-state index is 13.8. The third-order valence-electron chi connectivity index (χ3n) is 3.09. The van der Waals surface area contributed by atoms with Crippen LogP contribution in [0.25, 0.3) is 0 Å². The molecule has 18 heavy (non-hydrogen) atoms. The highest BCUT2D eigenvalue weighted by Gasteiger charge is 2.18. The molecule has 0 radical (unpaired) electrons. The van der Waals surface area contributed by atoms with E-state index < -0.39 is 0 Å². The van der Waals surface area contributed by atoms with Crippen molar-refractivity contribution in [2.75, 3.05) is 44.2 Å². The molecular formula is C12H17BrFN3O. The Kier molecular flexibility index (Phi) is 4.91. The Morgan fingerprint density at radius 3 is 2.89 bits per heavy atom. The Hall–Kier alpha value is -0.720. The zero-order valence-corrected chi connectivity index (χ0v) is 11.7. The molecule has 1 aromatic rings. The molecule has 1 fully saturated rings. The van der Waals surface area contributed by atoms with Crippen LogP contribution in [0.4, 0.5) is 10.2 Å². The summed E-state index contributed by atoms with van der Waals surface area (Å²) in [5.41, 5.74) is 0. The molecule has 0 unspecified atom stereocenters. The molecule has 1 N–H and O–H groups in total. The third-order valence-corrected chi connectivity index (χ3v) is 3.53. The lowest BCUT2D eigenvalue weighted by atomic mass is 10.3. The minimum atomic E-state index is -0.292. The van der Waals surface area contributed by atoms with Crippen molar-refractivity contribution in [1.82, 2.24) is 9.88 Å². The Morgan fingerprint density at radius 1 is 1.33 bits per heavy atom. The molecular weight excluding hydrogens is 301 g/mol. The normalized spacial score (nSPS) is 17.8. The average molecular weight is 318 g/mol. The summed E-state index contributed by atoms with van der Waals surface area (Å²) in [6.07, 6.45) is 2.58. The second-order valence-corrected chi connectivity index (χ2v) is 5.28. The Balaban J connectivity index is 2.05. The van der Waals surface area contributed by atoms with Crippen LogP contribution in [0, 0.1) is 5.82 Å². The molecule has 0 aliphatic carbocycles. The highest BCUT2D eigenvalue weighted by molar-refractivity contribution is 9.10. The van der Waals surface area contributed by atoms with E-state index in [2.05, 4.69) is 25.8 Å². The van der Waals surface area contributed by atoms with Crippen molar-refractivity contribution in [1.29, 1.82) is 0 Å². The third kappa shape index (κ3) is 3.40. The average Bonchev–Trinajstić information content (AvgIpc) is 2.55. The van der Waals surface area contributed by atoms with Crippen LogP contribution < -0.4 is 4.90 Å². The predicted molar refractivity (Wildman–Crippen MR) is 72.3 cm³/mol. The fourth-order valence-corrected chi connectivity index (χ4v) is 2.49. The van der Waals surface area contributed by atoms with Gasteiger partial charge in [-0.1, -0.05) is 0 Å². The molecule has 0 atom stereocenters. The lowest BCUT2D eigenvalue weighted by Gasteiger charge is -2.22. The molecule has 2 heterocycles. The fraction of sp³-hybridized carbons (Fsp3) is 0.583. The van der Waals surface area contributed by atoms with Crippen LogP contribution in [0.2, 0.25) is 0 Å². The second-order valence-electron chi connectivity index (χ2n) is 4.36. The lowest BCUT2D eigenvalue weighted by Crippen LogP contribution is -2.33. The van der Waals surface area contributed by atoms with Gasteiger partial charge >= 0.3 is 0 Å². The van der Waals surface area contributed by atoms with Crippen molar-refractivity contribution in [2.24, 2.45) is 0 Å². The van der Waals surface area contributed by atoms with Gasteiger partial charge in [0.25, 0.3) is 0 Å². The number of aliphatic hydroxyl groups excluding tert-OH is 1. The molecule has 4 nitrogen and oxygen atoms in total. The SMILES string of the molecule is OCCN1CCCN(c2ncc(Br)cc2F)CC1. The van der Waals surface area contributed by atoms with Gasteiger partial charge in [-0.3, -0.25) is 4.90 Å². The minimum Gasteiger partial charge on any atom is -0.395 e. The zero-order chi connectivity index (χ0) is 13.0. The van der Waals surface area contributed by atoms with Gasteiger partial charge in [0.15, 0.2) is 11.6 Å². The molecule has 1 aromatic heterocycles. The van der Waals surface area contributed by atoms with Gasteiger partial charge in [0.05, 0.1) is 6.61 Å². The fourth-order valence-electron chi connectivity index (χ4n) is 2.19. The van der Waals surface area contributed by atoms with E-state index >= 15 is 0 Å². The first kappa shape index (κ1) is 13.7. The number of halogens is 2. The van der Waals surface area contributed by atoms with Gasteiger partial charge in [-0.25, -0.2) is 9.37 Å². The van der Waals surface area contributed by atoms with Gasteiger partial charge in [-0.2, -0.15) is 0 Å². The Bertz CT molecular complexity index is 405. The summed E-state index contributed by atoms with van der Waals surface area (Å²) in [5.74, 6) is 0.129. The summed E-state index contributed by atoms with van der Waals surface area (Å²) in [6, 6.07) is 1.44. The number of pyridine rings is 1. The van der Waals surface area contributed by atoms with E-state index in [9.17, 15) is 4.39 Å². The summed E-state index contributed by atoms with van der Waals surface area (Å²) < 4.78 is 14.5. The van der Waals surface area contributed by atoms with Crippen LogP contribution in [0.3, 0.4) is 0 Å². The maximum atomic E-state index is 13.8. The predicted octanol–water partition coefficient (Wildman–Crippen LogP) is 1.49. The first-order chi connectivity index (χ1) is 8.70. The van der Waals surface area contributed by atoms with E-state index in [1.54, 1.807) is 6.20 Å². The van der Waals surface area contributed by atoms with Crippen molar-refractivity contribution >= 4 is 21.7 Å². The quantitative estimate of drug-likeness (QED) is 0.917.